The first-order chi connectivity index (χ1) is 32.6. The Kier molecular flexibility index (Phi) is 19.2. The van der Waals surface area contributed by atoms with Crippen molar-refractivity contribution in [3.63, 3.8) is 0 Å². The number of thioether (sulfide) groups is 1. The van der Waals surface area contributed by atoms with Gasteiger partial charge in [-0.25, -0.2) is 15.0 Å². The molecule has 2 fully saturated rings. The fourth-order valence-corrected chi connectivity index (χ4v) is 9.51. The van der Waals surface area contributed by atoms with E-state index in [1.165, 1.54) is 27.9 Å². The predicted molar refractivity (Wildman–Crippen MR) is 278 cm³/mol. The summed E-state index contributed by atoms with van der Waals surface area (Å²) in [7, 11) is 0. The number of morpholine rings is 1. The number of nitrogens with one attached hydrogen (secondary N) is 2. The van der Waals surface area contributed by atoms with Crippen LogP contribution in [0.2, 0.25) is 5.02 Å². The van der Waals surface area contributed by atoms with Gasteiger partial charge in [0.15, 0.2) is 0 Å². The number of halogens is 1. The lowest BCUT2D eigenvalue weighted by atomic mass is 9.98. The van der Waals surface area contributed by atoms with Gasteiger partial charge >= 0.3 is 0 Å². The summed E-state index contributed by atoms with van der Waals surface area (Å²) in [5.41, 5.74) is 14.1. The van der Waals surface area contributed by atoms with Gasteiger partial charge in [0.25, 0.3) is 11.8 Å². The molecule has 4 aromatic carbocycles. The molecule has 10 nitrogen and oxygen atoms in total. The van der Waals surface area contributed by atoms with E-state index < -0.39 is 0 Å². The Balaban J connectivity index is 0.000000178. The van der Waals surface area contributed by atoms with E-state index in [1.807, 2.05) is 104 Å². The average molecular weight is 956 g/mol. The average Bonchev–Trinajstić information content (AvgIpc) is 3.74. The molecular weight excluding hydrogens is 896 g/mol. The van der Waals surface area contributed by atoms with Crippen molar-refractivity contribution in [3.8, 4) is 5.75 Å². The maximum atomic E-state index is 12.9. The highest BCUT2D eigenvalue weighted by atomic mass is 35.5. The van der Waals surface area contributed by atoms with Gasteiger partial charge in [0.2, 0.25) is 0 Å². The molecule has 2 saturated heterocycles. The smallest absolute Gasteiger partial charge is 0.265 e. The fraction of sp³-hybridized carbons (Fsp3) is 0.259. The van der Waals surface area contributed by atoms with Gasteiger partial charge in [0.1, 0.15) is 5.75 Å². The van der Waals surface area contributed by atoms with Crippen LogP contribution in [0.1, 0.15) is 80.4 Å². The molecule has 3 N–H and O–H groups in total. The highest BCUT2D eigenvalue weighted by Crippen LogP contribution is 2.43. The molecule has 9 rings (SSSR count). The molecule has 0 unspecified atom stereocenters. The molecule has 0 aromatic heterocycles. The summed E-state index contributed by atoms with van der Waals surface area (Å²) in [4.78, 5) is 38.5. The Bertz CT molecular complexity index is 2640. The topological polar surface area (TPSA) is 119 Å². The summed E-state index contributed by atoms with van der Waals surface area (Å²) < 4.78 is 5.13. The minimum absolute atomic E-state index is 0.0917. The Morgan fingerprint density at radius 2 is 1.45 bits per heavy atom. The van der Waals surface area contributed by atoms with Crippen LogP contribution in [0.3, 0.4) is 0 Å². The van der Waals surface area contributed by atoms with Crippen molar-refractivity contribution in [2.45, 2.75) is 63.2 Å². The monoisotopic (exact) mass is 954 g/mol. The highest BCUT2D eigenvalue weighted by Gasteiger charge is 2.23. The number of fused-ring (bicyclic) bond motifs is 2. The highest BCUT2D eigenvalue weighted by molar-refractivity contribution is 8.07. The molecule has 4 aromatic rings. The molecular formula is C54H59ClN6O4S2. The Morgan fingerprint density at radius 1 is 0.776 bits per heavy atom. The molecule has 0 spiro atoms. The minimum Gasteiger partial charge on any atom is -0.507 e. The van der Waals surface area contributed by atoms with E-state index in [9.17, 15) is 14.7 Å². The number of carbonyl (C=O) groups excluding carboxylic acids is 2. The summed E-state index contributed by atoms with van der Waals surface area (Å²) in [5, 5.41) is 14.7. The van der Waals surface area contributed by atoms with Crippen molar-refractivity contribution in [2.75, 3.05) is 39.4 Å². The maximum absolute atomic E-state index is 12.9. The summed E-state index contributed by atoms with van der Waals surface area (Å²) in [5.74, 6) is -0.0134. The quantitative estimate of drug-likeness (QED) is 0.109. The number of nitrogens with zero attached hydrogens (tertiary/aromatic N) is 4. The van der Waals surface area contributed by atoms with Crippen molar-refractivity contribution in [1.29, 1.82) is 0 Å². The molecule has 13 heteroatoms. The number of phenolic OH excluding ortho intramolecular Hbond substituents is 1. The molecule has 4 aliphatic heterocycles. The number of benzene rings is 4. The lowest BCUT2D eigenvalue weighted by Gasteiger charge is -2.26. The number of hydrogen-bond donors (Lipinski definition) is 3. The van der Waals surface area contributed by atoms with Gasteiger partial charge in [-0.05, 0) is 87.2 Å². The fourth-order valence-electron chi connectivity index (χ4n) is 7.31. The van der Waals surface area contributed by atoms with E-state index in [2.05, 4.69) is 67.4 Å². The van der Waals surface area contributed by atoms with Crippen LogP contribution in [0.25, 0.3) is 0 Å². The molecule has 0 saturated carbocycles. The molecule has 4 heterocycles. The van der Waals surface area contributed by atoms with Gasteiger partial charge in [0, 0.05) is 84.3 Å². The van der Waals surface area contributed by atoms with Crippen LogP contribution in [0.15, 0.2) is 181 Å². The summed E-state index contributed by atoms with van der Waals surface area (Å²) >= 11 is 9.95. The van der Waals surface area contributed by atoms with E-state index in [1.54, 1.807) is 29.6 Å². The van der Waals surface area contributed by atoms with Crippen molar-refractivity contribution in [3.05, 3.63) is 188 Å². The normalized spacial score (nSPS) is 16.7. The molecule has 348 valence electrons. The Morgan fingerprint density at radius 3 is 2.16 bits per heavy atom. The number of amides is 2. The van der Waals surface area contributed by atoms with E-state index >= 15 is 0 Å². The van der Waals surface area contributed by atoms with Gasteiger partial charge in [-0.15, -0.1) is 0 Å². The first-order valence-electron chi connectivity index (χ1n) is 22.6. The molecule has 2 amide bonds. The van der Waals surface area contributed by atoms with E-state index in [4.69, 9.17) is 26.3 Å². The molecule has 0 atom stereocenters. The van der Waals surface area contributed by atoms with E-state index in [-0.39, 0.29) is 17.6 Å². The third kappa shape index (κ3) is 13.7. The van der Waals surface area contributed by atoms with E-state index in [0.717, 1.165) is 94.7 Å². The number of aromatic hydroxyl groups is 1. The van der Waals surface area contributed by atoms with Crippen molar-refractivity contribution < 1.29 is 19.4 Å². The number of para-hydroxylation sites is 1. The number of phenols is 1. The van der Waals surface area contributed by atoms with Gasteiger partial charge in [-0.2, -0.15) is 0 Å². The molecule has 1 aliphatic carbocycles. The predicted octanol–water partition coefficient (Wildman–Crippen LogP) is 12.2. The van der Waals surface area contributed by atoms with Crippen LogP contribution in [-0.4, -0.2) is 77.8 Å². The van der Waals surface area contributed by atoms with Crippen LogP contribution in [-0.2, 0) is 9.53 Å². The molecule has 67 heavy (non-hydrogen) atoms. The van der Waals surface area contributed by atoms with Gasteiger partial charge in [0.05, 0.1) is 30.3 Å². The lowest BCUT2D eigenvalue weighted by Crippen LogP contribution is -2.48. The number of rotatable bonds is 7. The maximum Gasteiger partial charge on any atom is 0.265 e. The number of aliphatic imine (C=N–C) groups is 2. The SMILES string of the molecule is C=CC(=C)C(=O)NN1CCOCC1.CC.CC1=C(C)SC2=C(CC=CC=C2)C(c2ccccc2O)=N1.O=C(NN1CCCCC1)c1ccc2c(c1)N=C(c1ccccc1Cl)c1ccccc1S2. The number of hydrogen-bond acceptors (Lipinski definition) is 10. The van der Waals surface area contributed by atoms with E-state index in [0.29, 0.717) is 29.4 Å². The Labute approximate surface area is 409 Å². The molecule has 0 radical (unpaired) electrons. The van der Waals surface area contributed by atoms with Crippen molar-refractivity contribution >= 4 is 64.0 Å². The van der Waals surface area contributed by atoms with Gasteiger partial charge in [-0.1, -0.05) is 141 Å². The number of carbonyl (C=O) groups is 2. The lowest BCUT2D eigenvalue weighted by molar-refractivity contribution is -0.123. The van der Waals surface area contributed by atoms with Crippen LogP contribution in [0, 0.1) is 0 Å². The number of ether oxygens (including phenoxy) is 1. The molecule has 5 aliphatic rings. The Hall–Kier alpha value is -5.73. The van der Waals surface area contributed by atoms with Crippen LogP contribution >= 0.6 is 35.1 Å². The third-order valence-electron chi connectivity index (χ3n) is 11.0. The van der Waals surface area contributed by atoms with Gasteiger partial charge in [-0.3, -0.25) is 25.4 Å². The van der Waals surface area contributed by atoms with Crippen LogP contribution in [0.5, 0.6) is 5.75 Å². The van der Waals surface area contributed by atoms with Crippen molar-refractivity contribution in [2.24, 2.45) is 9.98 Å². The molecule has 0 bridgehead atoms. The van der Waals surface area contributed by atoms with Crippen molar-refractivity contribution in [1.82, 2.24) is 20.9 Å². The summed E-state index contributed by atoms with van der Waals surface area (Å²) in [6, 6.07) is 29.1. The zero-order valence-corrected chi connectivity index (χ0v) is 41.1. The second-order valence-corrected chi connectivity index (χ2v) is 18.3. The second kappa shape index (κ2) is 25.4. The minimum atomic E-state index is -0.197. The largest absolute Gasteiger partial charge is 0.507 e. The summed E-state index contributed by atoms with van der Waals surface area (Å²) in [6.45, 7) is 19.7. The summed E-state index contributed by atoms with van der Waals surface area (Å²) in [6.07, 6.45) is 14.1. The van der Waals surface area contributed by atoms with Gasteiger partial charge < -0.3 is 9.84 Å². The number of hydrazine groups is 2. The zero-order valence-electron chi connectivity index (χ0n) is 38.7. The first-order valence-corrected chi connectivity index (χ1v) is 24.7. The van der Waals surface area contributed by atoms with Crippen LogP contribution < -0.4 is 10.9 Å². The number of piperidine rings is 1. The number of allylic oxidation sites excluding steroid dienone is 7. The third-order valence-corrected chi connectivity index (χ3v) is 13.7. The van der Waals surface area contributed by atoms with Crippen LogP contribution in [0.4, 0.5) is 5.69 Å². The second-order valence-electron chi connectivity index (χ2n) is 15.5. The first kappa shape index (κ1) is 50.7. The zero-order chi connectivity index (χ0) is 47.7. The standard InChI is InChI=1S/C25H22ClN3OS.C18H17NOS.C9H14N2O2.C2H6/c26-20-10-4-2-8-18(20)24-19-9-3-5-11-22(19)31-23-13-12-17(16-21(23)27-24)25(30)28-29-14-6-1-7-15-29;1-12-13(2)21-17-11-5-3-4-9-15(17)18(19-12)14-8-6-7-10-16(14)20;1-3-8(2)9(12)10-11-4-6-13-7-5-11;1-2/h2-5,8-13,16H,1,6-7,14-15H2,(H,28,30);3-8,10-11,20H,9H2,1-2H3;3H,1-2,4-7H2,(H,10,12);1-2H3.